The molecule has 21 heavy (non-hydrogen) atoms. The van der Waals surface area contributed by atoms with Gasteiger partial charge in [0.05, 0.1) is 12.3 Å². The van der Waals surface area contributed by atoms with Gasteiger partial charge in [0.25, 0.3) is 0 Å². The summed E-state index contributed by atoms with van der Waals surface area (Å²) in [5.74, 6) is -0.237. The zero-order valence-electron chi connectivity index (χ0n) is 13.1. The van der Waals surface area contributed by atoms with Gasteiger partial charge >= 0.3 is 5.97 Å². The highest BCUT2D eigenvalue weighted by molar-refractivity contribution is 7.15. The number of hydrogen-bond donors (Lipinski definition) is 0. The van der Waals surface area contributed by atoms with Gasteiger partial charge in [0, 0.05) is 18.0 Å². The second kappa shape index (κ2) is 5.59. The van der Waals surface area contributed by atoms with Crippen molar-refractivity contribution in [2.45, 2.75) is 52.4 Å². The molecule has 1 aromatic heterocycles. The summed E-state index contributed by atoms with van der Waals surface area (Å²) in [6, 6.07) is 0. The van der Waals surface area contributed by atoms with E-state index in [1.807, 2.05) is 6.92 Å². The van der Waals surface area contributed by atoms with Gasteiger partial charge in [0.2, 0.25) is 0 Å². The van der Waals surface area contributed by atoms with Crippen LogP contribution in [0.1, 0.15) is 56.5 Å². The first-order valence-electron chi connectivity index (χ1n) is 7.91. The lowest BCUT2D eigenvalue weighted by atomic mass is 9.83. The minimum Gasteiger partial charge on any atom is -0.465 e. The lowest BCUT2D eigenvalue weighted by molar-refractivity contribution is -0.145. The van der Waals surface area contributed by atoms with Crippen molar-refractivity contribution in [3.63, 3.8) is 0 Å². The van der Waals surface area contributed by atoms with Crippen molar-refractivity contribution in [3.8, 4) is 0 Å². The van der Waals surface area contributed by atoms with Crippen LogP contribution in [0, 0.1) is 5.41 Å². The van der Waals surface area contributed by atoms with E-state index in [2.05, 4.69) is 18.7 Å². The molecule has 116 valence electrons. The molecule has 0 radical (unpaired) electrons. The van der Waals surface area contributed by atoms with Gasteiger partial charge in [-0.05, 0) is 38.0 Å². The number of aromatic nitrogens is 1. The molecule has 0 N–H and O–H groups in total. The summed E-state index contributed by atoms with van der Waals surface area (Å²) in [6.45, 7) is 9.12. The van der Waals surface area contributed by atoms with Crippen LogP contribution < -0.4 is 4.90 Å². The van der Waals surface area contributed by atoms with Crippen molar-refractivity contribution in [2.24, 2.45) is 5.41 Å². The van der Waals surface area contributed by atoms with Gasteiger partial charge < -0.3 is 9.64 Å². The van der Waals surface area contributed by atoms with Crippen LogP contribution in [-0.2, 0) is 16.0 Å². The van der Waals surface area contributed by atoms with Gasteiger partial charge in [-0.15, -0.1) is 11.3 Å². The van der Waals surface area contributed by atoms with Gasteiger partial charge in [-0.1, -0.05) is 13.8 Å². The third-order valence-corrected chi connectivity index (χ3v) is 5.86. The van der Waals surface area contributed by atoms with E-state index in [0.29, 0.717) is 12.0 Å². The molecule has 5 heteroatoms. The Kier molecular flexibility index (Phi) is 3.95. The summed E-state index contributed by atoms with van der Waals surface area (Å²) in [4.78, 5) is 20.5. The first-order valence-corrected chi connectivity index (χ1v) is 8.73. The molecule has 1 aliphatic carbocycles. The lowest BCUT2D eigenvalue weighted by Gasteiger charge is -2.36. The van der Waals surface area contributed by atoms with E-state index in [1.165, 1.54) is 17.7 Å². The van der Waals surface area contributed by atoms with E-state index in [1.54, 1.807) is 11.3 Å². The van der Waals surface area contributed by atoms with Crippen LogP contribution in [0.15, 0.2) is 0 Å². The molecular weight excluding hydrogens is 284 g/mol. The maximum atomic E-state index is 12.0. The molecule has 3 rings (SSSR count). The minimum absolute atomic E-state index is 0.104. The SMILES string of the molecule is CCOC(=O)C1CCc2sc(N3CCC(C)(C)CC3)nc21. The number of carbonyl (C=O) groups is 1. The van der Waals surface area contributed by atoms with E-state index in [0.717, 1.165) is 36.8 Å². The average Bonchev–Trinajstić information content (AvgIpc) is 2.98. The highest BCUT2D eigenvalue weighted by Gasteiger charge is 2.35. The zero-order chi connectivity index (χ0) is 15.0. The molecule has 2 aliphatic rings. The molecule has 1 unspecified atom stereocenters. The van der Waals surface area contributed by atoms with Crippen LogP contribution in [0.25, 0.3) is 0 Å². The lowest BCUT2D eigenvalue weighted by Crippen LogP contribution is -2.37. The molecule has 2 heterocycles. The first kappa shape index (κ1) is 14.8. The Morgan fingerprint density at radius 3 is 2.81 bits per heavy atom. The monoisotopic (exact) mass is 308 g/mol. The number of hydrogen-bond acceptors (Lipinski definition) is 5. The molecule has 0 spiro atoms. The van der Waals surface area contributed by atoms with Crippen LogP contribution >= 0.6 is 11.3 Å². The minimum atomic E-state index is -0.133. The number of fused-ring (bicyclic) bond motifs is 1. The number of carbonyl (C=O) groups excluding carboxylic acids is 1. The summed E-state index contributed by atoms with van der Waals surface area (Å²) >= 11 is 1.77. The summed E-state index contributed by atoms with van der Waals surface area (Å²) in [7, 11) is 0. The summed E-state index contributed by atoms with van der Waals surface area (Å²) in [5, 5.41) is 1.10. The maximum Gasteiger partial charge on any atom is 0.315 e. The third kappa shape index (κ3) is 2.93. The Labute approximate surface area is 130 Å². The molecule has 0 bridgehead atoms. The summed E-state index contributed by atoms with van der Waals surface area (Å²) < 4.78 is 5.18. The van der Waals surface area contributed by atoms with E-state index >= 15 is 0 Å². The number of aryl methyl sites for hydroxylation is 1. The Bertz CT molecular complexity index is 528. The van der Waals surface area contributed by atoms with Gasteiger partial charge in [-0.3, -0.25) is 4.79 Å². The predicted octanol–water partition coefficient (Wildman–Crippen LogP) is 3.36. The number of rotatable bonds is 3. The van der Waals surface area contributed by atoms with Crippen LogP contribution in [0.2, 0.25) is 0 Å². The maximum absolute atomic E-state index is 12.0. The molecule has 0 aromatic carbocycles. The molecular formula is C16H24N2O2S. The Balaban J connectivity index is 1.73. The Morgan fingerprint density at radius 2 is 2.14 bits per heavy atom. The third-order valence-electron chi connectivity index (χ3n) is 4.67. The van der Waals surface area contributed by atoms with Crippen molar-refractivity contribution in [1.82, 2.24) is 4.98 Å². The van der Waals surface area contributed by atoms with Crippen LogP contribution in [0.5, 0.6) is 0 Å². The van der Waals surface area contributed by atoms with Crippen molar-refractivity contribution in [3.05, 3.63) is 10.6 Å². The van der Waals surface area contributed by atoms with Crippen molar-refractivity contribution >= 4 is 22.4 Å². The van der Waals surface area contributed by atoms with E-state index < -0.39 is 0 Å². The topological polar surface area (TPSA) is 42.4 Å². The fourth-order valence-corrected chi connectivity index (χ4v) is 4.31. The average molecular weight is 308 g/mol. The number of piperidine rings is 1. The van der Waals surface area contributed by atoms with Gasteiger partial charge in [-0.25, -0.2) is 4.98 Å². The van der Waals surface area contributed by atoms with E-state index in [9.17, 15) is 4.79 Å². The molecule has 1 fully saturated rings. The van der Waals surface area contributed by atoms with E-state index in [-0.39, 0.29) is 11.9 Å². The van der Waals surface area contributed by atoms with Crippen molar-refractivity contribution < 1.29 is 9.53 Å². The standard InChI is InChI=1S/C16H24N2O2S/c1-4-20-14(19)11-5-6-12-13(11)17-15(21-12)18-9-7-16(2,3)8-10-18/h11H,4-10H2,1-3H3. The summed E-state index contributed by atoms with van der Waals surface area (Å²) in [5.41, 5.74) is 1.43. The van der Waals surface area contributed by atoms with Crippen molar-refractivity contribution in [2.75, 3.05) is 24.6 Å². The second-order valence-electron chi connectivity index (χ2n) is 6.80. The number of esters is 1. The first-order chi connectivity index (χ1) is 10.00. The quantitative estimate of drug-likeness (QED) is 0.803. The normalized spacial score (nSPS) is 24.0. The number of nitrogens with zero attached hydrogens (tertiary/aromatic N) is 2. The number of thiazole rings is 1. The van der Waals surface area contributed by atoms with Gasteiger partial charge in [0.15, 0.2) is 5.13 Å². The highest BCUT2D eigenvalue weighted by atomic mass is 32.1. The van der Waals surface area contributed by atoms with Crippen LogP contribution in [0.4, 0.5) is 5.13 Å². The molecule has 1 atom stereocenters. The fourth-order valence-electron chi connectivity index (χ4n) is 3.13. The largest absolute Gasteiger partial charge is 0.465 e. The Morgan fingerprint density at radius 1 is 1.43 bits per heavy atom. The number of ether oxygens (including phenoxy) is 1. The predicted molar refractivity (Wildman–Crippen MR) is 85.0 cm³/mol. The van der Waals surface area contributed by atoms with Crippen LogP contribution in [-0.4, -0.2) is 30.6 Å². The molecule has 1 aliphatic heterocycles. The van der Waals surface area contributed by atoms with Gasteiger partial charge in [-0.2, -0.15) is 0 Å². The zero-order valence-corrected chi connectivity index (χ0v) is 14.0. The highest BCUT2D eigenvalue weighted by Crippen LogP contribution is 2.41. The molecule has 0 amide bonds. The Hall–Kier alpha value is -1.10. The summed E-state index contributed by atoms with van der Waals surface area (Å²) in [6.07, 6.45) is 4.24. The number of anilines is 1. The van der Waals surface area contributed by atoms with E-state index in [4.69, 9.17) is 9.72 Å². The second-order valence-corrected chi connectivity index (χ2v) is 7.86. The van der Waals surface area contributed by atoms with Gasteiger partial charge in [0.1, 0.15) is 5.92 Å². The molecule has 1 aromatic rings. The fraction of sp³-hybridized carbons (Fsp3) is 0.750. The molecule has 0 saturated carbocycles. The molecule has 4 nitrogen and oxygen atoms in total. The van der Waals surface area contributed by atoms with Crippen molar-refractivity contribution in [1.29, 1.82) is 0 Å². The van der Waals surface area contributed by atoms with Crippen LogP contribution in [0.3, 0.4) is 0 Å². The smallest absolute Gasteiger partial charge is 0.315 e. The molecule has 1 saturated heterocycles.